The molecule has 0 N–H and O–H groups in total. The van der Waals surface area contributed by atoms with Crippen LogP contribution in [0.25, 0.3) is 0 Å². The fraction of sp³-hybridized carbons (Fsp3) is 0.925. The number of hydrogen-bond donors (Lipinski definition) is 0. The second kappa shape index (κ2) is 36.4. The predicted octanol–water partition coefficient (Wildman–Crippen LogP) is 14.2. The van der Waals surface area contributed by atoms with Gasteiger partial charge in [-0.1, -0.05) is 193 Å². The van der Waals surface area contributed by atoms with E-state index >= 15 is 0 Å². The molecule has 0 aromatic heterocycles. The molecule has 2 heteroatoms. The lowest BCUT2D eigenvalue weighted by molar-refractivity contribution is -0.143. The van der Waals surface area contributed by atoms with E-state index in [0.29, 0.717) is 13.0 Å². The van der Waals surface area contributed by atoms with Crippen LogP contribution in [0.2, 0.25) is 0 Å². The van der Waals surface area contributed by atoms with E-state index in [1.165, 1.54) is 186 Å². The Bertz CT molecular complexity index is 540. The molecule has 0 aromatic carbocycles. The van der Waals surface area contributed by atoms with Crippen LogP contribution >= 0.6 is 0 Å². The SMILES string of the molecule is CCCCCCC=CCCCCCCCCCCCC(=O)OCCCCCCCCCCCCCCCCC(C)CC. The van der Waals surface area contributed by atoms with Crippen molar-refractivity contribution < 1.29 is 9.53 Å². The Kier molecular flexibility index (Phi) is 35.7. The van der Waals surface area contributed by atoms with Crippen LogP contribution in [0.1, 0.15) is 226 Å². The van der Waals surface area contributed by atoms with Gasteiger partial charge in [-0.3, -0.25) is 4.79 Å². The Morgan fingerprint density at radius 3 is 1.33 bits per heavy atom. The Morgan fingerprint density at radius 1 is 0.500 bits per heavy atom. The Hall–Kier alpha value is -0.790. The maximum Gasteiger partial charge on any atom is 0.305 e. The quantitative estimate of drug-likeness (QED) is 0.0417. The Balaban J connectivity index is 3.18. The molecule has 0 aliphatic heterocycles. The van der Waals surface area contributed by atoms with Gasteiger partial charge in [-0.25, -0.2) is 0 Å². The van der Waals surface area contributed by atoms with Crippen molar-refractivity contribution in [3.05, 3.63) is 12.2 Å². The number of ether oxygens (including phenoxy) is 1. The van der Waals surface area contributed by atoms with Gasteiger partial charge in [0.2, 0.25) is 0 Å². The van der Waals surface area contributed by atoms with Gasteiger partial charge in [0.25, 0.3) is 0 Å². The van der Waals surface area contributed by atoms with Crippen molar-refractivity contribution in [1.82, 2.24) is 0 Å². The summed E-state index contributed by atoms with van der Waals surface area (Å²) in [5.74, 6) is 0.950. The van der Waals surface area contributed by atoms with E-state index in [-0.39, 0.29) is 5.97 Å². The first kappa shape index (κ1) is 41.2. The van der Waals surface area contributed by atoms with Crippen molar-refractivity contribution in [2.24, 2.45) is 5.92 Å². The molecule has 42 heavy (non-hydrogen) atoms. The summed E-state index contributed by atoms with van der Waals surface area (Å²) < 4.78 is 5.46. The van der Waals surface area contributed by atoms with Crippen LogP contribution in [0.3, 0.4) is 0 Å². The lowest BCUT2D eigenvalue weighted by Gasteiger charge is -2.07. The topological polar surface area (TPSA) is 26.3 Å². The van der Waals surface area contributed by atoms with Gasteiger partial charge in [0.05, 0.1) is 6.61 Å². The van der Waals surface area contributed by atoms with E-state index in [9.17, 15) is 4.79 Å². The fourth-order valence-corrected chi connectivity index (χ4v) is 5.87. The Morgan fingerprint density at radius 2 is 0.881 bits per heavy atom. The second-order valence-electron chi connectivity index (χ2n) is 13.5. The first-order valence-electron chi connectivity index (χ1n) is 19.5. The molecule has 0 aromatic rings. The molecule has 0 fully saturated rings. The van der Waals surface area contributed by atoms with Crippen molar-refractivity contribution in [2.75, 3.05) is 6.61 Å². The summed E-state index contributed by atoms with van der Waals surface area (Å²) in [6.45, 7) is 7.61. The van der Waals surface area contributed by atoms with Gasteiger partial charge in [-0.15, -0.1) is 0 Å². The smallest absolute Gasteiger partial charge is 0.305 e. The van der Waals surface area contributed by atoms with Gasteiger partial charge in [-0.05, 0) is 44.4 Å². The van der Waals surface area contributed by atoms with Gasteiger partial charge in [0.1, 0.15) is 0 Å². The average molecular weight is 591 g/mol. The van der Waals surface area contributed by atoms with E-state index in [4.69, 9.17) is 4.74 Å². The number of rotatable bonds is 35. The van der Waals surface area contributed by atoms with Crippen LogP contribution in [0, 0.1) is 5.92 Å². The highest BCUT2D eigenvalue weighted by Gasteiger charge is 2.03. The molecule has 0 amide bonds. The molecule has 0 rings (SSSR count). The molecule has 0 saturated heterocycles. The average Bonchev–Trinajstić information content (AvgIpc) is 3.00. The summed E-state index contributed by atoms with van der Waals surface area (Å²) in [5.41, 5.74) is 0. The van der Waals surface area contributed by atoms with Gasteiger partial charge < -0.3 is 4.74 Å². The van der Waals surface area contributed by atoms with E-state index in [2.05, 4.69) is 32.9 Å². The molecule has 0 aliphatic carbocycles. The third kappa shape index (κ3) is 35.4. The third-order valence-electron chi connectivity index (χ3n) is 9.19. The first-order chi connectivity index (χ1) is 20.7. The van der Waals surface area contributed by atoms with Crippen molar-refractivity contribution in [3.8, 4) is 0 Å². The molecule has 1 atom stereocenters. The first-order valence-corrected chi connectivity index (χ1v) is 19.5. The minimum absolute atomic E-state index is 0.0242. The summed E-state index contributed by atoms with van der Waals surface area (Å²) in [5, 5.41) is 0. The molecule has 250 valence electrons. The minimum Gasteiger partial charge on any atom is -0.466 e. The zero-order valence-corrected chi connectivity index (χ0v) is 29.4. The van der Waals surface area contributed by atoms with E-state index in [1.54, 1.807) is 0 Å². The standard InChI is InChI=1S/C40H78O2/c1-4-6-7-8-9-10-11-12-13-14-15-19-22-25-28-31-34-37-40(41)42-38-35-32-29-26-23-20-17-16-18-21-24-27-30-33-36-39(3)5-2/h10-11,39H,4-9,12-38H2,1-3H3. The van der Waals surface area contributed by atoms with Crippen LogP contribution in [0.15, 0.2) is 12.2 Å². The highest BCUT2D eigenvalue weighted by Crippen LogP contribution is 2.16. The molecule has 0 spiro atoms. The van der Waals surface area contributed by atoms with Crippen molar-refractivity contribution in [2.45, 2.75) is 226 Å². The number of unbranched alkanes of at least 4 members (excludes halogenated alkanes) is 26. The molecule has 0 bridgehead atoms. The molecule has 2 nitrogen and oxygen atoms in total. The van der Waals surface area contributed by atoms with Crippen LogP contribution in [0.5, 0.6) is 0 Å². The Labute approximate surface area is 266 Å². The number of carbonyl (C=O) groups is 1. The van der Waals surface area contributed by atoms with Gasteiger partial charge in [0, 0.05) is 6.42 Å². The van der Waals surface area contributed by atoms with Crippen LogP contribution in [0.4, 0.5) is 0 Å². The zero-order chi connectivity index (χ0) is 30.6. The van der Waals surface area contributed by atoms with Crippen LogP contribution in [-0.4, -0.2) is 12.6 Å². The lowest BCUT2D eigenvalue weighted by atomic mass is 9.99. The summed E-state index contributed by atoms with van der Waals surface area (Å²) in [7, 11) is 0. The van der Waals surface area contributed by atoms with Crippen LogP contribution < -0.4 is 0 Å². The summed E-state index contributed by atoms with van der Waals surface area (Å²) in [4.78, 5) is 12.0. The van der Waals surface area contributed by atoms with Gasteiger partial charge in [-0.2, -0.15) is 0 Å². The summed E-state index contributed by atoms with van der Waals surface area (Å²) in [6.07, 6.45) is 47.0. The highest BCUT2D eigenvalue weighted by molar-refractivity contribution is 5.69. The third-order valence-corrected chi connectivity index (χ3v) is 9.19. The molecule has 0 aliphatic rings. The second-order valence-corrected chi connectivity index (χ2v) is 13.5. The molecule has 1 unspecified atom stereocenters. The maximum atomic E-state index is 12.0. The minimum atomic E-state index is 0.0242. The monoisotopic (exact) mass is 591 g/mol. The van der Waals surface area contributed by atoms with E-state index < -0.39 is 0 Å². The molecule has 0 heterocycles. The number of allylic oxidation sites excluding steroid dienone is 2. The van der Waals surface area contributed by atoms with E-state index in [0.717, 1.165) is 18.8 Å². The number of carbonyl (C=O) groups excluding carboxylic acids is 1. The lowest BCUT2D eigenvalue weighted by Crippen LogP contribution is -2.05. The van der Waals surface area contributed by atoms with Crippen molar-refractivity contribution >= 4 is 5.97 Å². The fourth-order valence-electron chi connectivity index (χ4n) is 5.87. The molecular weight excluding hydrogens is 512 g/mol. The van der Waals surface area contributed by atoms with Crippen molar-refractivity contribution in [1.29, 1.82) is 0 Å². The number of hydrogen-bond acceptors (Lipinski definition) is 2. The zero-order valence-electron chi connectivity index (χ0n) is 29.4. The normalized spacial score (nSPS) is 12.4. The highest BCUT2D eigenvalue weighted by atomic mass is 16.5. The largest absolute Gasteiger partial charge is 0.466 e. The predicted molar refractivity (Wildman–Crippen MR) is 188 cm³/mol. The molecular formula is C40H78O2. The summed E-state index contributed by atoms with van der Waals surface area (Å²) in [6, 6.07) is 0. The van der Waals surface area contributed by atoms with Crippen LogP contribution in [-0.2, 0) is 9.53 Å². The maximum absolute atomic E-state index is 12.0. The molecule has 0 radical (unpaired) electrons. The van der Waals surface area contributed by atoms with Gasteiger partial charge in [0.15, 0.2) is 0 Å². The molecule has 0 saturated carbocycles. The van der Waals surface area contributed by atoms with Crippen molar-refractivity contribution in [3.63, 3.8) is 0 Å². The van der Waals surface area contributed by atoms with E-state index in [1.807, 2.05) is 0 Å². The van der Waals surface area contributed by atoms with Gasteiger partial charge >= 0.3 is 5.97 Å². The number of esters is 1. The summed E-state index contributed by atoms with van der Waals surface area (Å²) >= 11 is 0.